The van der Waals surface area contributed by atoms with Gasteiger partial charge < -0.3 is 9.73 Å². The zero-order chi connectivity index (χ0) is 17.1. The van der Waals surface area contributed by atoms with Crippen LogP contribution in [0.25, 0.3) is 11.0 Å². The van der Waals surface area contributed by atoms with Gasteiger partial charge in [0.2, 0.25) is 0 Å². The average Bonchev–Trinajstić information content (AvgIpc) is 3.31. The Balaban J connectivity index is 1.32. The lowest BCUT2D eigenvalue weighted by Crippen LogP contribution is -2.40. The molecule has 0 saturated carbocycles. The van der Waals surface area contributed by atoms with Crippen molar-refractivity contribution in [3.05, 3.63) is 47.9 Å². The summed E-state index contributed by atoms with van der Waals surface area (Å²) >= 11 is 1.25. The van der Waals surface area contributed by atoms with Crippen LogP contribution in [0.5, 0.6) is 0 Å². The molecule has 2 aromatic heterocycles. The summed E-state index contributed by atoms with van der Waals surface area (Å²) in [6.07, 6.45) is 3.82. The van der Waals surface area contributed by atoms with E-state index in [1.807, 2.05) is 6.07 Å². The lowest BCUT2D eigenvalue weighted by Gasteiger charge is -2.32. The molecule has 1 saturated heterocycles. The van der Waals surface area contributed by atoms with Crippen LogP contribution in [0.1, 0.15) is 29.0 Å². The topological polar surface area (TPSA) is 71.3 Å². The first-order chi connectivity index (χ1) is 12.3. The number of rotatable bonds is 5. The number of carbonyl (C=O) groups is 1. The highest BCUT2D eigenvalue weighted by Gasteiger charge is 2.21. The number of benzene rings is 1. The van der Waals surface area contributed by atoms with Crippen molar-refractivity contribution in [3.8, 4) is 0 Å². The Morgan fingerprint density at radius 1 is 1.32 bits per heavy atom. The maximum absolute atomic E-state index is 12.0. The van der Waals surface area contributed by atoms with Gasteiger partial charge in [-0.2, -0.15) is 8.75 Å². The number of nitrogens with one attached hydrogen (secondary N) is 1. The van der Waals surface area contributed by atoms with E-state index in [4.69, 9.17) is 4.42 Å². The largest absolute Gasteiger partial charge is 0.459 e. The van der Waals surface area contributed by atoms with Crippen LogP contribution in [0.3, 0.4) is 0 Å². The molecule has 3 heterocycles. The third-order valence-electron chi connectivity index (χ3n) is 4.62. The zero-order valence-electron chi connectivity index (χ0n) is 13.9. The monoisotopic (exact) mass is 356 g/mol. The van der Waals surface area contributed by atoms with Crippen molar-refractivity contribution in [2.24, 2.45) is 5.92 Å². The number of piperidine rings is 1. The van der Waals surface area contributed by atoms with Crippen LogP contribution >= 0.6 is 11.7 Å². The van der Waals surface area contributed by atoms with Crippen LogP contribution in [0.15, 0.2) is 41.0 Å². The summed E-state index contributed by atoms with van der Waals surface area (Å²) in [4.78, 5) is 14.4. The third-order valence-corrected chi connectivity index (χ3v) is 5.18. The fourth-order valence-corrected chi connectivity index (χ4v) is 3.90. The van der Waals surface area contributed by atoms with Gasteiger partial charge in [0.1, 0.15) is 11.0 Å². The molecule has 0 spiro atoms. The Kier molecular flexibility index (Phi) is 4.76. The van der Waals surface area contributed by atoms with Gasteiger partial charge in [-0.25, -0.2) is 0 Å². The molecule has 0 bridgehead atoms. The molecule has 0 aliphatic carbocycles. The molecule has 6 nitrogen and oxygen atoms in total. The number of fused-ring (bicyclic) bond motifs is 1. The summed E-state index contributed by atoms with van der Waals surface area (Å²) in [5.74, 6) is 0.707. The fourth-order valence-electron chi connectivity index (χ4n) is 3.38. The number of amides is 1. The van der Waals surface area contributed by atoms with Gasteiger partial charge in [0, 0.05) is 19.6 Å². The van der Waals surface area contributed by atoms with Gasteiger partial charge in [-0.15, -0.1) is 0 Å². The molecule has 7 heteroatoms. The summed E-state index contributed by atoms with van der Waals surface area (Å²) < 4.78 is 13.7. The first-order valence-electron chi connectivity index (χ1n) is 8.53. The van der Waals surface area contributed by atoms with Crippen molar-refractivity contribution in [3.63, 3.8) is 0 Å². The molecule has 1 aromatic carbocycles. The maximum atomic E-state index is 12.0. The molecule has 1 unspecified atom stereocenters. The van der Waals surface area contributed by atoms with Crippen molar-refractivity contribution in [2.75, 3.05) is 19.6 Å². The first kappa shape index (κ1) is 16.2. The summed E-state index contributed by atoms with van der Waals surface area (Å²) in [6.45, 7) is 3.68. The van der Waals surface area contributed by atoms with E-state index in [0.717, 1.165) is 43.5 Å². The molecule has 1 N–H and O–H groups in total. The van der Waals surface area contributed by atoms with E-state index in [1.54, 1.807) is 12.1 Å². The summed E-state index contributed by atoms with van der Waals surface area (Å²) in [6, 6.07) is 9.71. The Morgan fingerprint density at radius 3 is 3.12 bits per heavy atom. The predicted molar refractivity (Wildman–Crippen MR) is 96.5 cm³/mol. The Morgan fingerprint density at radius 2 is 2.24 bits per heavy atom. The van der Waals surface area contributed by atoms with E-state index >= 15 is 0 Å². The van der Waals surface area contributed by atoms with Crippen molar-refractivity contribution in [1.29, 1.82) is 0 Å². The van der Waals surface area contributed by atoms with Crippen molar-refractivity contribution >= 4 is 28.7 Å². The van der Waals surface area contributed by atoms with Crippen LogP contribution in [-0.2, 0) is 6.54 Å². The van der Waals surface area contributed by atoms with Crippen LogP contribution in [0, 0.1) is 5.92 Å². The normalized spacial score (nSPS) is 18.5. The van der Waals surface area contributed by atoms with Gasteiger partial charge in [0.15, 0.2) is 5.76 Å². The Bertz CT molecular complexity index is 846. The number of hydrogen-bond donors (Lipinski definition) is 1. The highest BCUT2D eigenvalue weighted by molar-refractivity contribution is 7.00. The molecule has 4 rings (SSSR count). The van der Waals surface area contributed by atoms with Gasteiger partial charge in [-0.3, -0.25) is 9.69 Å². The highest BCUT2D eigenvalue weighted by atomic mass is 32.1. The number of aromatic nitrogens is 2. The molecule has 1 amide bonds. The molecular formula is C18H20N4O2S. The minimum Gasteiger partial charge on any atom is -0.459 e. The predicted octanol–water partition coefficient (Wildman–Crippen LogP) is 2.93. The van der Waals surface area contributed by atoms with Crippen molar-refractivity contribution < 1.29 is 9.21 Å². The summed E-state index contributed by atoms with van der Waals surface area (Å²) in [7, 11) is 0. The number of likely N-dealkylation sites (tertiary alicyclic amines) is 1. The SMILES string of the molecule is O=C(NCC1CCCN(Cc2ccc3nsnc3c2)C1)c1ccco1. The van der Waals surface area contributed by atoms with Gasteiger partial charge in [0.05, 0.1) is 18.0 Å². The van der Waals surface area contributed by atoms with Gasteiger partial charge in [0.25, 0.3) is 5.91 Å². The molecular weight excluding hydrogens is 336 g/mol. The maximum Gasteiger partial charge on any atom is 0.286 e. The Labute approximate surface area is 150 Å². The number of furan rings is 1. The van der Waals surface area contributed by atoms with Gasteiger partial charge >= 0.3 is 0 Å². The number of nitrogens with zero attached hydrogens (tertiary/aromatic N) is 3. The molecule has 130 valence electrons. The molecule has 1 atom stereocenters. The lowest BCUT2D eigenvalue weighted by atomic mass is 9.97. The number of carbonyl (C=O) groups excluding carboxylic acids is 1. The zero-order valence-corrected chi connectivity index (χ0v) is 14.7. The minimum atomic E-state index is -0.136. The molecule has 1 aliphatic heterocycles. The van der Waals surface area contributed by atoms with E-state index in [2.05, 4.69) is 31.1 Å². The minimum absolute atomic E-state index is 0.136. The third kappa shape index (κ3) is 3.88. The lowest BCUT2D eigenvalue weighted by molar-refractivity contribution is 0.0903. The second kappa shape index (κ2) is 7.33. The molecule has 25 heavy (non-hydrogen) atoms. The first-order valence-corrected chi connectivity index (χ1v) is 9.26. The molecule has 0 radical (unpaired) electrons. The van der Waals surface area contributed by atoms with Crippen molar-refractivity contribution in [1.82, 2.24) is 19.0 Å². The fraction of sp³-hybridized carbons (Fsp3) is 0.389. The number of hydrogen-bond acceptors (Lipinski definition) is 6. The van der Waals surface area contributed by atoms with Crippen LogP contribution in [0.4, 0.5) is 0 Å². The summed E-state index contributed by atoms with van der Waals surface area (Å²) in [5.41, 5.74) is 3.20. The van der Waals surface area contributed by atoms with Gasteiger partial charge in [-0.05, 0) is 55.1 Å². The van der Waals surface area contributed by atoms with E-state index < -0.39 is 0 Å². The quantitative estimate of drug-likeness (QED) is 0.761. The van der Waals surface area contributed by atoms with E-state index in [9.17, 15) is 4.79 Å². The standard InChI is InChI=1S/C18H20N4O2S/c23-18(17-4-2-8-24-17)19-10-14-3-1-7-22(12-14)11-13-5-6-15-16(9-13)21-25-20-15/h2,4-6,8-9,14H,1,3,7,10-12H2,(H,19,23). The highest BCUT2D eigenvalue weighted by Crippen LogP contribution is 2.20. The second-order valence-corrected chi connectivity index (χ2v) is 7.05. The smallest absolute Gasteiger partial charge is 0.286 e. The molecule has 3 aromatic rings. The average molecular weight is 356 g/mol. The summed E-state index contributed by atoms with van der Waals surface area (Å²) in [5, 5.41) is 2.98. The van der Waals surface area contributed by atoms with Gasteiger partial charge in [-0.1, -0.05) is 6.07 Å². The van der Waals surface area contributed by atoms with Crippen LogP contribution in [0.2, 0.25) is 0 Å². The van der Waals surface area contributed by atoms with E-state index in [1.165, 1.54) is 23.6 Å². The van der Waals surface area contributed by atoms with Crippen LogP contribution < -0.4 is 5.32 Å². The van der Waals surface area contributed by atoms with E-state index in [-0.39, 0.29) is 5.91 Å². The molecule has 1 aliphatic rings. The molecule has 1 fully saturated rings. The van der Waals surface area contributed by atoms with E-state index in [0.29, 0.717) is 18.2 Å². The van der Waals surface area contributed by atoms with Crippen molar-refractivity contribution in [2.45, 2.75) is 19.4 Å². The second-order valence-electron chi connectivity index (χ2n) is 6.52. The van der Waals surface area contributed by atoms with Crippen LogP contribution in [-0.4, -0.2) is 39.2 Å². The Hall–Kier alpha value is -2.25.